The van der Waals surface area contributed by atoms with E-state index >= 15 is 0 Å². The van der Waals surface area contributed by atoms with E-state index in [4.69, 9.17) is 5.11 Å². The van der Waals surface area contributed by atoms with E-state index in [0.717, 1.165) is 16.5 Å². The van der Waals surface area contributed by atoms with E-state index in [1.54, 1.807) is 34.9 Å². The monoisotopic (exact) mass is 320 g/mol. The van der Waals surface area contributed by atoms with Crippen LogP contribution >= 0.6 is 34.9 Å². The average Bonchev–Trinajstić information content (AvgIpc) is 2.76. The third-order valence-corrected chi connectivity index (χ3v) is 5.53. The number of rotatable bonds is 8. The van der Waals surface area contributed by atoms with Crippen molar-refractivity contribution in [1.82, 2.24) is 10.3 Å². The van der Waals surface area contributed by atoms with Gasteiger partial charge >= 0.3 is 0 Å². The summed E-state index contributed by atoms with van der Waals surface area (Å²) in [6.45, 7) is 3.97. The fraction of sp³-hybridized carbons (Fsp3) is 0.667. The van der Waals surface area contributed by atoms with Crippen molar-refractivity contribution in [2.75, 3.05) is 18.6 Å². The zero-order chi connectivity index (χ0) is 14.3. The number of thioether (sulfide) groups is 2. The number of carbonyl (C=O) groups excluding carboxylic acids is 1. The fourth-order valence-corrected chi connectivity index (χ4v) is 3.62. The first-order valence-corrected chi connectivity index (χ1v) is 9.30. The summed E-state index contributed by atoms with van der Waals surface area (Å²) >= 11 is 4.75. The molecule has 0 fully saturated rings. The Morgan fingerprint density at radius 2 is 2.37 bits per heavy atom. The summed E-state index contributed by atoms with van der Waals surface area (Å²) < 4.78 is 0. The van der Waals surface area contributed by atoms with E-state index in [-0.39, 0.29) is 23.8 Å². The van der Waals surface area contributed by atoms with Gasteiger partial charge in [0.15, 0.2) is 0 Å². The fourth-order valence-electron chi connectivity index (χ4n) is 1.55. The van der Waals surface area contributed by atoms with Gasteiger partial charge in [0.25, 0.3) is 0 Å². The molecule has 1 aromatic rings. The molecule has 0 spiro atoms. The number of aliphatic hydroxyl groups is 1. The van der Waals surface area contributed by atoms with Crippen LogP contribution in [0.15, 0.2) is 5.38 Å². The molecule has 108 valence electrons. The van der Waals surface area contributed by atoms with Crippen LogP contribution in [0.3, 0.4) is 0 Å². The molecule has 0 aliphatic rings. The van der Waals surface area contributed by atoms with Gasteiger partial charge in [-0.1, -0.05) is 0 Å². The minimum atomic E-state index is -0.0189. The molecule has 2 atom stereocenters. The Morgan fingerprint density at radius 1 is 1.63 bits per heavy atom. The number of nitrogens with zero attached hydrogens (tertiary/aromatic N) is 1. The van der Waals surface area contributed by atoms with Crippen LogP contribution in [0.25, 0.3) is 0 Å². The number of hydrogen-bond acceptors (Lipinski definition) is 6. The highest BCUT2D eigenvalue weighted by Crippen LogP contribution is 2.15. The van der Waals surface area contributed by atoms with Gasteiger partial charge in [0.1, 0.15) is 0 Å². The Kier molecular flexibility index (Phi) is 7.82. The summed E-state index contributed by atoms with van der Waals surface area (Å²) in [7, 11) is 0. The first kappa shape index (κ1) is 16.8. The van der Waals surface area contributed by atoms with Gasteiger partial charge in [-0.2, -0.15) is 11.8 Å². The molecule has 0 aliphatic heterocycles. The lowest BCUT2D eigenvalue weighted by molar-refractivity contribution is -0.119. The van der Waals surface area contributed by atoms with Gasteiger partial charge in [0.2, 0.25) is 5.91 Å². The van der Waals surface area contributed by atoms with Gasteiger partial charge in [0.05, 0.1) is 23.1 Å². The summed E-state index contributed by atoms with van der Waals surface area (Å²) in [4.78, 5) is 16.1. The Labute approximate surface area is 126 Å². The van der Waals surface area contributed by atoms with Crippen molar-refractivity contribution in [2.24, 2.45) is 0 Å². The lowest BCUT2D eigenvalue weighted by Crippen LogP contribution is -2.42. The highest BCUT2D eigenvalue weighted by atomic mass is 32.2. The number of carbonyl (C=O) groups is 1. The smallest absolute Gasteiger partial charge is 0.230 e. The van der Waals surface area contributed by atoms with Crippen LogP contribution in [0.5, 0.6) is 0 Å². The summed E-state index contributed by atoms with van der Waals surface area (Å²) in [6.07, 6.45) is 1.93. The minimum Gasteiger partial charge on any atom is -0.395 e. The van der Waals surface area contributed by atoms with Crippen molar-refractivity contribution in [2.45, 2.75) is 30.9 Å². The highest BCUT2D eigenvalue weighted by molar-refractivity contribution is 7.99. The van der Waals surface area contributed by atoms with E-state index < -0.39 is 0 Å². The third-order valence-electron chi connectivity index (χ3n) is 2.58. The zero-order valence-electron chi connectivity index (χ0n) is 11.4. The van der Waals surface area contributed by atoms with Crippen molar-refractivity contribution in [3.8, 4) is 0 Å². The molecule has 0 bridgehead atoms. The Bertz CT molecular complexity index is 394. The average molecular weight is 321 g/mol. The maximum absolute atomic E-state index is 11.7. The lowest BCUT2D eigenvalue weighted by atomic mass is 10.2. The quantitative estimate of drug-likeness (QED) is 0.766. The summed E-state index contributed by atoms with van der Waals surface area (Å²) in [6, 6.07) is -0.0189. The van der Waals surface area contributed by atoms with E-state index in [9.17, 15) is 4.79 Å². The summed E-state index contributed by atoms with van der Waals surface area (Å²) in [5.74, 6) is 1.20. The number of thiazole rings is 1. The van der Waals surface area contributed by atoms with E-state index in [1.165, 1.54) is 0 Å². The van der Waals surface area contributed by atoms with E-state index in [2.05, 4.69) is 10.3 Å². The number of aryl methyl sites for hydroxylation is 1. The molecule has 19 heavy (non-hydrogen) atoms. The van der Waals surface area contributed by atoms with Gasteiger partial charge < -0.3 is 10.4 Å². The maximum Gasteiger partial charge on any atom is 0.230 e. The predicted molar refractivity (Wildman–Crippen MR) is 85.0 cm³/mol. The molecule has 7 heteroatoms. The first-order valence-electron chi connectivity index (χ1n) is 5.98. The Morgan fingerprint density at radius 3 is 2.89 bits per heavy atom. The molecule has 2 unspecified atom stereocenters. The zero-order valence-corrected chi connectivity index (χ0v) is 13.8. The molecule has 1 aromatic heterocycles. The molecular weight excluding hydrogens is 300 g/mol. The van der Waals surface area contributed by atoms with Gasteiger partial charge in [-0.25, -0.2) is 4.98 Å². The summed E-state index contributed by atoms with van der Waals surface area (Å²) in [5, 5.41) is 15.2. The van der Waals surface area contributed by atoms with E-state index in [1.807, 2.05) is 25.5 Å². The second kappa shape index (κ2) is 8.84. The lowest BCUT2D eigenvalue weighted by Gasteiger charge is -2.21. The van der Waals surface area contributed by atoms with Crippen LogP contribution in [0.1, 0.15) is 17.6 Å². The third kappa shape index (κ3) is 6.16. The van der Waals surface area contributed by atoms with Crippen molar-refractivity contribution in [3.05, 3.63) is 16.1 Å². The first-order chi connectivity index (χ1) is 9.06. The normalized spacial score (nSPS) is 14.1. The van der Waals surface area contributed by atoms with E-state index in [0.29, 0.717) is 5.75 Å². The molecule has 0 aliphatic carbocycles. The predicted octanol–water partition coefficient (Wildman–Crippen LogP) is 1.91. The number of amides is 1. The second-order valence-corrected chi connectivity index (χ2v) is 7.29. The van der Waals surface area contributed by atoms with Crippen LogP contribution in [-0.2, 0) is 10.5 Å². The maximum atomic E-state index is 11.7. The molecule has 1 amide bonds. The standard InChI is InChI=1S/C12H20N2O2S3/c1-8(11(4-15)17-3)13-12(16)7-18-5-10-6-19-9(2)14-10/h6,8,11,15H,4-5,7H2,1-3H3,(H,13,16). The largest absolute Gasteiger partial charge is 0.395 e. The van der Waals surface area contributed by atoms with Crippen molar-refractivity contribution in [1.29, 1.82) is 0 Å². The van der Waals surface area contributed by atoms with Crippen LogP contribution < -0.4 is 5.32 Å². The Hall–Kier alpha value is -0.240. The van der Waals surface area contributed by atoms with Crippen molar-refractivity contribution < 1.29 is 9.90 Å². The Balaban J connectivity index is 2.24. The molecule has 2 N–H and O–H groups in total. The molecule has 0 aromatic carbocycles. The van der Waals surface area contributed by atoms with Gasteiger partial charge in [-0.05, 0) is 20.1 Å². The van der Waals surface area contributed by atoms with Crippen LogP contribution in [-0.4, -0.2) is 45.9 Å². The second-order valence-electron chi connectivity index (χ2n) is 4.16. The van der Waals surface area contributed by atoms with Gasteiger partial charge in [-0.15, -0.1) is 23.1 Å². The van der Waals surface area contributed by atoms with Crippen molar-refractivity contribution in [3.63, 3.8) is 0 Å². The number of aliphatic hydroxyl groups excluding tert-OH is 1. The van der Waals surface area contributed by atoms with Gasteiger partial charge in [0, 0.05) is 22.4 Å². The topological polar surface area (TPSA) is 62.2 Å². The minimum absolute atomic E-state index is 0.0111. The van der Waals surface area contributed by atoms with Gasteiger partial charge in [-0.3, -0.25) is 4.79 Å². The van der Waals surface area contributed by atoms with Crippen molar-refractivity contribution >= 4 is 40.8 Å². The molecule has 4 nitrogen and oxygen atoms in total. The number of aromatic nitrogens is 1. The molecule has 0 saturated carbocycles. The van der Waals surface area contributed by atoms with Crippen LogP contribution in [0.2, 0.25) is 0 Å². The molecule has 0 saturated heterocycles. The molecule has 1 rings (SSSR count). The SMILES string of the molecule is CSC(CO)C(C)NC(=O)CSCc1csc(C)n1. The van der Waals surface area contributed by atoms with Crippen LogP contribution in [0, 0.1) is 6.92 Å². The summed E-state index contributed by atoms with van der Waals surface area (Å²) in [5.41, 5.74) is 1.03. The molecule has 0 radical (unpaired) electrons. The molecular formula is C12H20N2O2S3. The number of hydrogen-bond donors (Lipinski definition) is 2. The molecule has 1 heterocycles. The van der Waals surface area contributed by atoms with Crippen LogP contribution in [0.4, 0.5) is 0 Å². The highest BCUT2D eigenvalue weighted by Gasteiger charge is 2.17. The number of nitrogens with one attached hydrogen (secondary N) is 1.